The molecule has 2 aromatic heterocycles. The van der Waals surface area contributed by atoms with Crippen molar-refractivity contribution in [1.29, 1.82) is 0 Å². The molecule has 120 valence electrons. The average Bonchev–Trinajstić information content (AvgIpc) is 3.36. The minimum Gasteiger partial charge on any atom is -0.353 e. The summed E-state index contributed by atoms with van der Waals surface area (Å²) < 4.78 is 0. The number of aromatic nitrogens is 2. The van der Waals surface area contributed by atoms with Crippen LogP contribution >= 0.6 is 11.3 Å². The lowest BCUT2D eigenvalue weighted by atomic mass is 10.3. The van der Waals surface area contributed by atoms with Gasteiger partial charge in [-0.1, -0.05) is 0 Å². The first kappa shape index (κ1) is 14.6. The van der Waals surface area contributed by atoms with Gasteiger partial charge in [0.15, 0.2) is 0 Å². The summed E-state index contributed by atoms with van der Waals surface area (Å²) in [5, 5.41) is 0. The highest BCUT2D eigenvalue weighted by Crippen LogP contribution is 2.38. The maximum Gasteiger partial charge on any atom is 0.264 e. The molecule has 2 aromatic rings. The van der Waals surface area contributed by atoms with Crippen LogP contribution in [-0.2, 0) is 0 Å². The maximum absolute atomic E-state index is 12.5. The van der Waals surface area contributed by atoms with Crippen LogP contribution < -0.4 is 4.90 Å². The van der Waals surface area contributed by atoms with E-state index in [9.17, 15) is 4.79 Å². The second kappa shape index (κ2) is 5.92. The summed E-state index contributed by atoms with van der Waals surface area (Å²) in [4.78, 5) is 27.8. The Labute approximate surface area is 140 Å². The van der Waals surface area contributed by atoms with Gasteiger partial charge < -0.3 is 9.80 Å². The van der Waals surface area contributed by atoms with Crippen molar-refractivity contribution in [3.8, 4) is 0 Å². The molecular formula is C17H20N4OS. The lowest BCUT2D eigenvalue weighted by Gasteiger charge is -2.35. The molecule has 4 rings (SSSR count). The molecule has 0 N–H and O–H groups in total. The molecule has 1 amide bonds. The van der Waals surface area contributed by atoms with Crippen LogP contribution in [0.3, 0.4) is 0 Å². The second-order valence-electron chi connectivity index (χ2n) is 6.24. The van der Waals surface area contributed by atoms with Crippen molar-refractivity contribution >= 4 is 23.1 Å². The van der Waals surface area contributed by atoms with E-state index in [0.717, 1.165) is 42.7 Å². The Morgan fingerprint density at radius 3 is 2.61 bits per heavy atom. The zero-order chi connectivity index (χ0) is 15.8. The van der Waals surface area contributed by atoms with E-state index in [0.29, 0.717) is 5.92 Å². The molecule has 0 bridgehead atoms. The Balaban J connectivity index is 1.40. The van der Waals surface area contributed by atoms with Gasteiger partial charge in [0.05, 0.1) is 4.88 Å². The molecule has 1 aliphatic carbocycles. The molecule has 2 aliphatic rings. The fourth-order valence-electron chi connectivity index (χ4n) is 2.92. The fourth-order valence-corrected chi connectivity index (χ4v) is 3.76. The monoisotopic (exact) mass is 328 g/mol. The molecule has 0 aromatic carbocycles. The summed E-state index contributed by atoms with van der Waals surface area (Å²) in [6, 6.07) is 5.92. The summed E-state index contributed by atoms with van der Waals surface area (Å²) in [5.74, 6) is 2.71. The van der Waals surface area contributed by atoms with Crippen LogP contribution in [0.1, 0.15) is 39.1 Å². The van der Waals surface area contributed by atoms with Crippen LogP contribution in [0.25, 0.3) is 0 Å². The number of carbonyl (C=O) groups excluding carboxylic acids is 1. The van der Waals surface area contributed by atoms with E-state index in [1.165, 1.54) is 17.7 Å². The van der Waals surface area contributed by atoms with Crippen molar-refractivity contribution in [2.45, 2.75) is 25.7 Å². The first-order chi connectivity index (χ1) is 11.2. The first-order valence-electron chi connectivity index (χ1n) is 8.14. The van der Waals surface area contributed by atoms with Gasteiger partial charge in [-0.2, -0.15) is 0 Å². The Morgan fingerprint density at radius 1 is 1.17 bits per heavy atom. The van der Waals surface area contributed by atoms with E-state index in [4.69, 9.17) is 4.98 Å². The summed E-state index contributed by atoms with van der Waals surface area (Å²) in [7, 11) is 0. The topological polar surface area (TPSA) is 49.3 Å². The van der Waals surface area contributed by atoms with Gasteiger partial charge in [-0.25, -0.2) is 9.97 Å². The Bertz CT molecular complexity index is 717. The van der Waals surface area contributed by atoms with Crippen LogP contribution in [0.2, 0.25) is 0 Å². The molecule has 0 radical (unpaired) electrons. The van der Waals surface area contributed by atoms with Crippen molar-refractivity contribution < 1.29 is 4.79 Å². The lowest BCUT2D eigenvalue weighted by molar-refractivity contribution is 0.0751. The number of carbonyl (C=O) groups is 1. The molecule has 0 unspecified atom stereocenters. The van der Waals surface area contributed by atoms with E-state index >= 15 is 0 Å². The number of thiophene rings is 1. The fraction of sp³-hybridized carbons (Fsp3) is 0.471. The van der Waals surface area contributed by atoms with Gasteiger partial charge in [-0.3, -0.25) is 4.79 Å². The lowest BCUT2D eigenvalue weighted by Crippen LogP contribution is -2.49. The summed E-state index contributed by atoms with van der Waals surface area (Å²) >= 11 is 1.57. The zero-order valence-corrected chi connectivity index (χ0v) is 14.1. The average molecular weight is 328 g/mol. The summed E-state index contributed by atoms with van der Waals surface area (Å²) in [6.45, 7) is 5.19. The van der Waals surface area contributed by atoms with Crippen molar-refractivity contribution in [3.63, 3.8) is 0 Å². The number of rotatable bonds is 3. The third-order valence-corrected chi connectivity index (χ3v) is 5.43. The van der Waals surface area contributed by atoms with E-state index in [-0.39, 0.29) is 5.91 Å². The predicted octanol–water partition coefficient (Wildman–Crippen LogP) is 2.69. The van der Waals surface area contributed by atoms with E-state index in [1.807, 2.05) is 36.2 Å². The molecule has 1 aliphatic heterocycles. The molecule has 3 heterocycles. The normalized spacial score (nSPS) is 18.3. The largest absolute Gasteiger partial charge is 0.353 e. The third kappa shape index (κ3) is 3.08. The van der Waals surface area contributed by atoms with E-state index < -0.39 is 0 Å². The van der Waals surface area contributed by atoms with Crippen LogP contribution in [-0.4, -0.2) is 47.0 Å². The molecule has 1 saturated carbocycles. The van der Waals surface area contributed by atoms with Gasteiger partial charge in [0, 0.05) is 43.2 Å². The van der Waals surface area contributed by atoms with Gasteiger partial charge in [-0.15, -0.1) is 11.3 Å². The molecule has 6 heteroatoms. The number of hydrogen-bond donors (Lipinski definition) is 0. The number of hydrogen-bond acceptors (Lipinski definition) is 5. The Morgan fingerprint density at radius 2 is 1.96 bits per heavy atom. The van der Waals surface area contributed by atoms with E-state index in [2.05, 4.69) is 9.88 Å². The first-order valence-corrected chi connectivity index (χ1v) is 8.96. The summed E-state index contributed by atoms with van der Waals surface area (Å²) in [6.07, 6.45) is 4.29. The quantitative estimate of drug-likeness (QED) is 0.869. The standard InChI is InChI=1S/C17H20N4OS/c1-12-2-5-14(23-12)17(22)21-10-8-20(9-11-21)15-6-7-18-16(19-15)13-3-4-13/h2,5-7,13H,3-4,8-11H2,1H3. The third-order valence-electron chi connectivity index (χ3n) is 4.44. The van der Waals surface area contributed by atoms with Crippen molar-refractivity contribution in [1.82, 2.24) is 14.9 Å². The Hall–Kier alpha value is -1.95. The molecule has 0 spiro atoms. The zero-order valence-electron chi connectivity index (χ0n) is 13.2. The van der Waals surface area contributed by atoms with Crippen LogP contribution in [0, 0.1) is 6.92 Å². The van der Waals surface area contributed by atoms with Gasteiger partial charge in [0.25, 0.3) is 5.91 Å². The minimum atomic E-state index is 0.157. The number of nitrogens with zero attached hydrogens (tertiary/aromatic N) is 4. The number of aryl methyl sites for hydroxylation is 1. The molecule has 1 saturated heterocycles. The number of anilines is 1. The van der Waals surface area contributed by atoms with Crippen molar-refractivity contribution in [3.05, 3.63) is 40.0 Å². The molecular weight excluding hydrogens is 308 g/mol. The van der Waals surface area contributed by atoms with Gasteiger partial charge in [-0.05, 0) is 38.0 Å². The molecule has 2 fully saturated rings. The SMILES string of the molecule is Cc1ccc(C(=O)N2CCN(c3ccnc(C4CC4)n3)CC2)s1. The van der Waals surface area contributed by atoms with Crippen LogP contribution in [0.15, 0.2) is 24.4 Å². The molecule has 23 heavy (non-hydrogen) atoms. The second-order valence-corrected chi connectivity index (χ2v) is 7.52. The smallest absolute Gasteiger partial charge is 0.264 e. The van der Waals surface area contributed by atoms with Gasteiger partial charge >= 0.3 is 0 Å². The number of piperazine rings is 1. The summed E-state index contributed by atoms with van der Waals surface area (Å²) in [5.41, 5.74) is 0. The van der Waals surface area contributed by atoms with Gasteiger partial charge in [0.2, 0.25) is 0 Å². The van der Waals surface area contributed by atoms with E-state index in [1.54, 1.807) is 11.3 Å². The van der Waals surface area contributed by atoms with Crippen molar-refractivity contribution in [2.75, 3.05) is 31.1 Å². The highest BCUT2D eigenvalue weighted by Gasteiger charge is 2.28. The predicted molar refractivity (Wildman–Crippen MR) is 91.2 cm³/mol. The van der Waals surface area contributed by atoms with Crippen LogP contribution in [0.4, 0.5) is 5.82 Å². The molecule has 0 atom stereocenters. The Kier molecular flexibility index (Phi) is 3.77. The highest BCUT2D eigenvalue weighted by atomic mass is 32.1. The minimum absolute atomic E-state index is 0.157. The number of amides is 1. The van der Waals surface area contributed by atoms with Crippen LogP contribution in [0.5, 0.6) is 0 Å². The van der Waals surface area contributed by atoms with Gasteiger partial charge in [0.1, 0.15) is 11.6 Å². The maximum atomic E-state index is 12.5. The van der Waals surface area contributed by atoms with Crippen molar-refractivity contribution in [2.24, 2.45) is 0 Å². The molecule has 5 nitrogen and oxygen atoms in total. The highest BCUT2D eigenvalue weighted by molar-refractivity contribution is 7.13.